The van der Waals surface area contributed by atoms with E-state index in [0.717, 1.165) is 16.4 Å². The SMILES string of the molecule is COc1ccc(S(=O)(=O)N2CCC(=O)C(C)C2)c([N+](=O)[O-])c1. The largest absolute Gasteiger partial charge is 0.497 e. The summed E-state index contributed by atoms with van der Waals surface area (Å²) in [5.74, 6) is -0.218. The standard InChI is InChI=1S/C13H16N2O6S/c1-9-8-14(6-5-12(9)16)22(19,20)13-4-3-10(21-2)7-11(13)15(17)18/h3-4,7,9H,5-6,8H2,1-2H3. The molecule has 1 saturated heterocycles. The van der Waals surface area contributed by atoms with Crippen LogP contribution in [0.3, 0.4) is 0 Å². The van der Waals surface area contributed by atoms with Gasteiger partial charge >= 0.3 is 0 Å². The first kappa shape index (κ1) is 16.4. The van der Waals surface area contributed by atoms with Crippen molar-refractivity contribution in [3.05, 3.63) is 28.3 Å². The maximum Gasteiger partial charge on any atom is 0.293 e. The quantitative estimate of drug-likeness (QED) is 0.607. The lowest BCUT2D eigenvalue weighted by Gasteiger charge is -2.29. The normalized spacial score (nSPS) is 19.9. The van der Waals surface area contributed by atoms with Crippen molar-refractivity contribution < 1.29 is 22.9 Å². The van der Waals surface area contributed by atoms with Gasteiger partial charge in [0.1, 0.15) is 11.5 Å². The van der Waals surface area contributed by atoms with E-state index >= 15 is 0 Å². The molecule has 22 heavy (non-hydrogen) atoms. The Kier molecular flexibility index (Phi) is 4.47. The molecule has 0 radical (unpaired) electrons. The third kappa shape index (κ3) is 2.95. The Morgan fingerprint density at radius 3 is 2.64 bits per heavy atom. The molecule has 0 aromatic heterocycles. The summed E-state index contributed by atoms with van der Waals surface area (Å²) in [6, 6.07) is 3.59. The Bertz CT molecular complexity index is 715. The van der Waals surface area contributed by atoms with E-state index in [0.29, 0.717) is 0 Å². The second-order valence-corrected chi connectivity index (χ2v) is 6.98. The number of piperidine rings is 1. The molecule has 1 aromatic carbocycles. The Hall–Kier alpha value is -2.00. The lowest BCUT2D eigenvalue weighted by Crippen LogP contribution is -2.43. The van der Waals surface area contributed by atoms with Crippen LogP contribution in [0.1, 0.15) is 13.3 Å². The van der Waals surface area contributed by atoms with E-state index in [4.69, 9.17) is 4.74 Å². The Labute approximate surface area is 127 Å². The number of ketones is 1. The molecule has 0 bridgehead atoms. The molecule has 1 aromatic rings. The van der Waals surface area contributed by atoms with Crippen molar-refractivity contribution in [2.45, 2.75) is 18.2 Å². The van der Waals surface area contributed by atoms with Crippen LogP contribution < -0.4 is 4.74 Å². The molecule has 1 fully saturated rings. The number of hydrogen-bond donors (Lipinski definition) is 0. The second kappa shape index (κ2) is 6.01. The number of methoxy groups -OCH3 is 1. The molecular weight excluding hydrogens is 312 g/mol. The van der Waals surface area contributed by atoms with E-state index in [1.54, 1.807) is 6.92 Å². The topological polar surface area (TPSA) is 107 Å². The number of nitrogens with zero attached hydrogens (tertiary/aromatic N) is 2. The summed E-state index contributed by atoms with van der Waals surface area (Å²) in [7, 11) is -2.70. The zero-order valence-electron chi connectivity index (χ0n) is 12.2. The minimum atomic E-state index is -4.04. The van der Waals surface area contributed by atoms with Crippen molar-refractivity contribution in [3.63, 3.8) is 0 Å². The van der Waals surface area contributed by atoms with Gasteiger partial charge in [0.05, 0.1) is 18.1 Å². The summed E-state index contributed by atoms with van der Waals surface area (Å²) in [6.07, 6.45) is 0.115. The highest BCUT2D eigenvalue weighted by molar-refractivity contribution is 7.89. The van der Waals surface area contributed by atoms with E-state index in [9.17, 15) is 23.3 Å². The second-order valence-electron chi connectivity index (χ2n) is 5.07. The van der Waals surface area contributed by atoms with Crippen molar-refractivity contribution >= 4 is 21.5 Å². The minimum Gasteiger partial charge on any atom is -0.497 e. The monoisotopic (exact) mass is 328 g/mol. The molecule has 0 amide bonds. The average molecular weight is 328 g/mol. The highest BCUT2D eigenvalue weighted by Crippen LogP contribution is 2.31. The number of sulfonamides is 1. The molecule has 0 aliphatic carbocycles. The lowest BCUT2D eigenvalue weighted by molar-refractivity contribution is -0.387. The van der Waals surface area contributed by atoms with Gasteiger partial charge in [-0.25, -0.2) is 8.42 Å². The van der Waals surface area contributed by atoms with Crippen LogP contribution >= 0.6 is 0 Å². The first-order valence-electron chi connectivity index (χ1n) is 6.62. The number of carbonyl (C=O) groups excluding carboxylic acids is 1. The molecule has 1 aliphatic heterocycles. The van der Waals surface area contributed by atoms with Crippen molar-refractivity contribution in [2.24, 2.45) is 5.92 Å². The molecule has 1 heterocycles. The van der Waals surface area contributed by atoms with Gasteiger partial charge in [0.25, 0.3) is 5.69 Å². The van der Waals surface area contributed by atoms with E-state index in [1.165, 1.54) is 13.2 Å². The van der Waals surface area contributed by atoms with Crippen LogP contribution in [0.2, 0.25) is 0 Å². The van der Waals surface area contributed by atoms with Crippen molar-refractivity contribution in [3.8, 4) is 5.75 Å². The Balaban J connectivity index is 2.45. The van der Waals surface area contributed by atoms with E-state index in [-0.39, 0.29) is 35.9 Å². The van der Waals surface area contributed by atoms with Gasteiger partial charge < -0.3 is 4.74 Å². The van der Waals surface area contributed by atoms with Crippen LogP contribution in [0.15, 0.2) is 23.1 Å². The zero-order chi connectivity index (χ0) is 16.5. The summed E-state index contributed by atoms with van der Waals surface area (Å²) in [5, 5.41) is 11.1. The first-order valence-corrected chi connectivity index (χ1v) is 8.06. The number of nitro benzene ring substituents is 1. The summed E-state index contributed by atoms with van der Waals surface area (Å²) < 4.78 is 31.3. The number of rotatable bonds is 4. The number of Topliss-reactive ketones (excluding diaryl/α,β-unsaturated/α-hetero) is 1. The van der Waals surface area contributed by atoms with Crippen molar-refractivity contribution in [1.82, 2.24) is 4.31 Å². The molecule has 1 unspecified atom stereocenters. The van der Waals surface area contributed by atoms with Gasteiger partial charge in [-0.2, -0.15) is 4.31 Å². The highest BCUT2D eigenvalue weighted by Gasteiger charge is 2.36. The highest BCUT2D eigenvalue weighted by atomic mass is 32.2. The maximum atomic E-state index is 12.6. The molecule has 8 nitrogen and oxygen atoms in total. The Morgan fingerprint density at radius 1 is 1.41 bits per heavy atom. The smallest absolute Gasteiger partial charge is 0.293 e. The average Bonchev–Trinajstić information content (AvgIpc) is 2.49. The molecular formula is C13H16N2O6S. The minimum absolute atomic E-state index is 0.00400. The van der Waals surface area contributed by atoms with Gasteiger partial charge in [-0.3, -0.25) is 14.9 Å². The lowest BCUT2D eigenvalue weighted by atomic mass is 10.0. The van der Waals surface area contributed by atoms with Crippen LogP contribution in [-0.2, 0) is 14.8 Å². The third-order valence-electron chi connectivity index (χ3n) is 3.62. The summed E-state index contributed by atoms with van der Waals surface area (Å²) in [5.41, 5.74) is -0.538. The predicted molar refractivity (Wildman–Crippen MR) is 77.2 cm³/mol. The molecule has 120 valence electrons. The van der Waals surface area contributed by atoms with Crippen LogP contribution in [0, 0.1) is 16.0 Å². The summed E-state index contributed by atoms with van der Waals surface area (Å²) in [6.45, 7) is 1.71. The van der Waals surface area contributed by atoms with Gasteiger partial charge in [0.2, 0.25) is 10.0 Å². The Morgan fingerprint density at radius 2 is 2.09 bits per heavy atom. The number of benzene rings is 1. The molecule has 1 aliphatic rings. The molecule has 0 spiro atoms. The van der Waals surface area contributed by atoms with E-state index in [1.807, 2.05) is 0 Å². The maximum absolute atomic E-state index is 12.6. The van der Waals surface area contributed by atoms with Gasteiger partial charge in [0.15, 0.2) is 4.90 Å². The van der Waals surface area contributed by atoms with Crippen LogP contribution in [-0.4, -0.2) is 43.6 Å². The fourth-order valence-electron chi connectivity index (χ4n) is 2.32. The number of hydrogen-bond acceptors (Lipinski definition) is 6. The number of carbonyl (C=O) groups is 1. The molecule has 0 saturated carbocycles. The number of ether oxygens (including phenoxy) is 1. The van der Waals surface area contributed by atoms with Gasteiger partial charge in [-0.15, -0.1) is 0 Å². The number of nitro groups is 1. The fourth-order valence-corrected chi connectivity index (χ4v) is 3.99. The van der Waals surface area contributed by atoms with Gasteiger partial charge in [-0.05, 0) is 12.1 Å². The third-order valence-corrected chi connectivity index (χ3v) is 5.53. The summed E-state index contributed by atoms with van der Waals surface area (Å²) >= 11 is 0. The van der Waals surface area contributed by atoms with Crippen LogP contribution in [0.4, 0.5) is 5.69 Å². The summed E-state index contributed by atoms with van der Waals surface area (Å²) in [4.78, 5) is 21.5. The zero-order valence-corrected chi connectivity index (χ0v) is 13.0. The molecule has 0 N–H and O–H groups in total. The molecule has 1 atom stereocenters. The van der Waals surface area contributed by atoms with Gasteiger partial charge in [0, 0.05) is 25.4 Å². The predicted octanol–water partition coefficient (Wildman–Crippen LogP) is 1.20. The van der Waals surface area contributed by atoms with Crippen molar-refractivity contribution in [2.75, 3.05) is 20.2 Å². The van der Waals surface area contributed by atoms with Crippen LogP contribution in [0.5, 0.6) is 5.75 Å². The molecule has 2 rings (SSSR count). The van der Waals surface area contributed by atoms with Crippen LogP contribution in [0.25, 0.3) is 0 Å². The fraction of sp³-hybridized carbons (Fsp3) is 0.462. The first-order chi connectivity index (χ1) is 10.3. The van der Waals surface area contributed by atoms with E-state index < -0.39 is 26.6 Å². The van der Waals surface area contributed by atoms with Gasteiger partial charge in [-0.1, -0.05) is 6.92 Å². The van der Waals surface area contributed by atoms with E-state index in [2.05, 4.69) is 0 Å². The van der Waals surface area contributed by atoms with Crippen molar-refractivity contribution in [1.29, 1.82) is 0 Å². The molecule has 9 heteroatoms.